The summed E-state index contributed by atoms with van der Waals surface area (Å²) < 4.78 is 6.29. The van der Waals surface area contributed by atoms with E-state index in [1.54, 1.807) is 4.90 Å². The number of fused-ring (bicyclic) bond motifs is 2. The van der Waals surface area contributed by atoms with Crippen molar-refractivity contribution in [2.75, 3.05) is 19.7 Å². The molecule has 0 saturated carbocycles. The van der Waals surface area contributed by atoms with Crippen LogP contribution in [0.2, 0.25) is 0 Å². The van der Waals surface area contributed by atoms with E-state index in [1.807, 2.05) is 36.5 Å². The summed E-state index contributed by atoms with van der Waals surface area (Å²) in [6.45, 7) is 1.71. The minimum Gasteiger partial charge on any atom is -0.368 e. The number of amides is 1. The summed E-state index contributed by atoms with van der Waals surface area (Å²) in [6, 6.07) is 12.7. The second kappa shape index (κ2) is 7.50. The Labute approximate surface area is 173 Å². The normalized spacial score (nSPS) is 17.5. The molecule has 1 N–H and O–H groups in total. The number of ether oxygens (including phenoxy) is 1. The van der Waals surface area contributed by atoms with Crippen LogP contribution in [0, 0.1) is 0 Å². The van der Waals surface area contributed by atoms with Gasteiger partial charge in [0, 0.05) is 43.2 Å². The molecule has 1 fully saturated rings. The Morgan fingerprint density at radius 2 is 1.93 bits per heavy atom. The van der Waals surface area contributed by atoms with Gasteiger partial charge in [0.15, 0.2) is 11.3 Å². The quantitative estimate of drug-likeness (QED) is 0.712. The van der Waals surface area contributed by atoms with Crippen LogP contribution < -0.4 is 5.43 Å². The fourth-order valence-electron chi connectivity index (χ4n) is 4.33. The lowest BCUT2D eigenvalue weighted by atomic mass is 9.83. The van der Waals surface area contributed by atoms with E-state index >= 15 is 0 Å². The molecular weight excluding hydrogens is 380 g/mol. The molecule has 7 heteroatoms. The zero-order valence-electron chi connectivity index (χ0n) is 16.5. The fraction of sp³-hybridized carbons (Fsp3) is 0.304. The molecule has 1 amide bonds. The van der Waals surface area contributed by atoms with Gasteiger partial charge >= 0.3 is 0 Å². The first-order valence-corrected chi connectivity index (χ1v) is 10.2. The highest BCUT2D eigenvalue weighted by atomic mass is 16.5. The van der Waals surface area contributed by atoms with Crippen LogP contribution in [0.5, 0.6) is 0 Å². The summed E-state index contributed by atoms with van der Waals surface area (Å²) in [4.78, 5) is 38.5. The summed E-state index contributed by atoms with van der Waals surface area (Å²) in [6.07, 6.45) is 5.53. The number of rotatable bonds is 2. The highest BCUT2D eigenvalue weighted by Gasteiger charge is 2.43. The van der Waals surface area contributed by atoms with Crippen LogP contribution in [-0.4, -0.2) is 45.5 Å². The average Bonchev–Trinajstić information content (AvgIpc) is 2.80. The second-order valence-electron chi connectivity index (χ2n) is 7.76. The zero-order chi connectivity index (χ0) is 20.6. The monoisotopic (exact) mass is 402 g/mol. The number of likely N-dealkylation sites (tertiary alicyclic amines) is 1. The number of H-pyrrole nitrogens is 1. The Morgan fingerprint density at radius 3 is 2.70 bits per heavy atom. The van der Waals surface area contributed by atoms with E-state index in [2.05, 4.69) is 9.97 Å². The number of nitrogens with zero attached hydrogens (tertiary/aromatic N) is 3. The smallest absolute Gasteiger partial charge is 0.270 e. The first-order chi connectivity index (χ1) is 14.6. The number of hydrogen-bond acceptors (Lipinski definition) is 5. The third-order valence-corrected chi connectivity index (χ3v) is 5.94. The van der Waals surface area contributed by atoms with E-state index in [1.165, 1.54) is 18.3 Å². The number of hydrogen-bond donors (Lipinski definition) is 1. The third-order valence-electron chi connectivity index (χ3n) is 5.94. The Hall–Kier alpha value is -3.32. The van der Waals surface area contributed by atoms with E-state index in [0.717, 1.165) is 23.2 Å². The Morgan fingerprint density at radius 1 is 1.13 bits per heavy atom. The number of pyridine rings is 1. The second-order valence-corrected chi connectivity index (χ2v) is 7.76. The van der Waals surface area contributed by atoms with Gasteiger partial charge in [-0.3, -0.25) is 9.59 Å². The molecule has 0 aliphatic carbocycles. The molecule has 152 valence electrons. The molecule has 3 aromatic rings. The molecule has 30 heavy (non-hydrogen) atoms. The third kappa shape index (κ3) is 3.31. The number of nitrogens with one attached hydrogen (secondary N) is 1. The standard InChI is InChI=1S/C23H22N4O3/c28-18-6-10-24-19(14-18)22(29)27-11-8-23(9-12-27)20-17(7-13-30-23)15-25-21(26-20)16-4-2-1-3-5-16/h1-6,10,14-15H,7-9,11-13H2,(H,24,28). The fourth-order valence-corrected chi connectivity index (χ4v) is 4.33. The summed E-state index contributed by atoms with van der Waals surface area (Å²) in [5, 5.41) is 0. The maximum absolute atomic E-state index is 12.8. The molecule has 1 aromatic carbocycles. The van der Waals surface area contributed by atoms with Crippen molar-refractivity contribution in [2.45, 2.75) is 24.9 Å². The molecular formula is C23H22N4O3. The van der Waals surface area contributed by atoms with Crippen LogP contribution in [0.25, 0.3) is 11.4 Å². The first kappa shape index (κ1) is 18.7. The van der Waals surface area contributed by atoms with Crippen LogP contribution in [0.15, 0.2) is 59.7 Å². The van der Waals surface area contributed by atoms with Crippen molar-refractivity contribution in [2.24, 2.45) is 0 Å². The maximum atomic E-state index is 12.8. The molecule has 5 rings (SSSR count). The molecule has 0 atom stereocenters. The van der Waals surface area contributed by atoms with Crippen LogP contribution in [0.4, 0.5) is 0 Å². The van der Waals surface area contributed by atoms with Crippen molar-refractivity contribution >= 4 is 5.91 Å². The summed E-state index contributed by atoms with van der Waals surface area (Å²) in [5.74, 6) is 0.533. The maximum Gasteiger partial charge on any atom is 0.270 e. The molecule has 1 spiro atoms. The molecule has 0 radical (unpaired) electrons. The largest absolute Gasteiger partial charge is 0.368 e. The predicted octanol–water partition coefficient (Wildman–Crippen LogP) is 2.54. The van der Waals surface area contributed by atoms with E-state index in [4.69, 9.17) is 9.72 Å². The Balaban J connectivity index is 1.41. The van der Waals surface area contributed by atoms with Gasteiger partial charge in [-0.1, -0.05) is 30.3 Å². The van der Waals surface area contributed by atoms with Gasteiger partial charge in [0.05, 0.1) is 12.3 Å². The number of piperidine rings is 1. The van der Waals surface area contributed by atoms with Gasteiger partial charge in [0.2, 0.25) is 0 Å². The van der Waals surface area contributed by atoms with Crippen LogP contribution in [0.3, 0.4) is 0 Å². The SMILES string of the molecule is O=C(c1cc(=O)cc[nH]1)N1CCC2(CC1)OCCc1cnc(-c3ccccc3)nc12. The first-order valence-electron chi connectivity index (χ1n) is 10.2. The van der Waals surface area contributed by atoms with Gasteiger partial charge < -0.3 is 14.6 Å². The van der Waals surface area contributed by atoms with E-state index < -0.39 is 5.60 Å². The summed E-state index contributed by atoms with van der Waals surface area (Å²) >= 11 is 0. The van der Waals surface area contributed by atoms with Crippen molar-refractivity contribution in [3.05, 3.63) is 82.0 Å². The molecule has 0 bridgehead atoms. The van der Waals surface area contributed by atoms with Crippen molar-refractivity contribution in [1.82, 2.24) is 19.9 Å². The Bertz CT molecular complexity index is 1130. The number of benzene rings is 1. The highest BCUT2D eigenvalue weighted by molar-refractivity contribution is 5.92. The molecule has 2 aromatic heterocycles. The van der Waals surface area contributed by atoms with Crippen molar-refractivity contribution < 1.29 is 9.53 Å². The van der Waals surface area contributed by atoms with Gasteiger partial charge in [-0.05, 0) is 24.8 Å². The zero-order valence-corrected chi connectivity index (χ0v) is 16.5. The summed E-state index contributed by atoms with van der Waals surface area (Å²) in [5.41, 5.74) is 2.68. The van der Waals surface area contributed by atoms with Gasteiger partial charge in [-0.15, -0.1) is 0 Å². The van der Waals surface area contributed by atoms with Gasteiger partial charge in [-0.25, -0.2) is 9.97 Å². The van der Waals surface area contributed by atoms with Gasteiger partial charge in [0.25, 0.3) is 5.91 Å². The van der Waals surface area contributed by atoms with Crippen LogP contribution in [0.1, 0.15) is 34.6 Å². The average molecular weight is 402 g/mol. The number of aromatic amines is 1. The minimum absolute atomic E-state index is 0.161. The number of aromatic nitrogens is 3. The molecule has 4 heterocycles. The van der Waals surface area contributed by atoms with Crippen molar-refractivity contribution in [3.8, 4) is 11.4 Å². The predicted molar refractivity (Wildman–Crippen MR) is 111 cm³/mol. The number of carbonyl (C=O) groups is 1. The minimum atomic E-state index is -0.499. The number of carbonyl (C=O) groups excluding carboxylic acids is 1. The molecule has 7 nitrogen and oxygen atoms in total. The van der Waals surface area contributed by atoms with E-state index in [-0.39, 0.29) is 11.3 Å². The molecule has 1 saturated heterocycles. The molecule has 2 aliphatic rings. The summed E-state index contributed by atoms with van der Waals surface area (Å²) in [7, 11) is 0. The highest BCUT2D eigenvalue weighted by Crippen LogP contribution is 2.41. The topological polar surface area (TPSA) is 88.2 Å². The lowest BCUT2D eigenvalue weighted by Crippen LogP contribution is -2.49. The molecule has 0 unspecified atom stereocenters. The van der Waals surface area contributed by atoms with Crippen molar-refractivity contribution in [1.29, 1.82) is 0 Å². The van der Waals surface area contributed by atoms with Gasteiger partial charge in [-0.2, -0.15) is 0 Å². The van der Waals surface area contributed by atoms with E-state index in [9.17, 15) is 9.59 Å². The Kier molecular flexibility index (Phi) is 4.67. The van der Waals surface area contributed by atoms with E-state index in [0.29, 0.717) is 44.1 Å². The molecule has 2 aliphatic heterocycles. The van der Waals surface area contributed by atoms with Crippen LogP contribution in [-0.2, 0) is 16.8 Å². The van der Waals surface area contributed by atoms with Gasteiger partial charge in [0.1, 0.15) is 11.3 Å². The lowest BCUT2D eigenvalue weighted by molar-refractivity contribution is -0.0967. The van der Waals surface area contributed by atoms with Crippen molar-refractivity contribution in [3.63, 3.8) is 0 Å². The lowest BCUT2D eigenvalue weighted by Gasteiger charge is -2.44. The van der Waals surface area contributed by atoms with Crippen LogP contribution >= 0.6 is 0 Å².